The highest BCUT2D eigenvalue weighted by atomic mass is 35.5. The standard InChI is InChI=1S/C24H23ClN4O/c25-21-11-23-18(10-24(30)28-23)9-17(21)4-6-29-5-3-16(14-29)7-19-13-27-22-2-1-15(12-26)8-20(19)22/h1-2,8-9,11,13,16,27H,3-7,10,14H2,(H,28,30). The second-order valence-corrected chi connectivity index (χ2v) is 8.83. The van der Waals surface area contributed by atoms with E-state index in [-0.39, 0.29) is 5.91 Å². The number of H-pyrrole nitrogens is 1. The summed E-state index contributed by atoms with van der Waals surface area (Å²) in [5.74, 6) is 0.659. The van der Waals surface area contributed by atoms with Gasteiger partial charge in [-0.2, -0.15) is 5.26 Å². The quantitative estimate of drug-likeness (QED) is 0.649. The fraction of sp³-hybridized carbons (Fsp3) is 0.333. The van der Waals surface area contributed by atoms with Crippen LogP contribution in [0, 0.1) is 17.2 Å². The number of nitrogens with one attached hydrogen (secondary N) is 2. The van der Waals surface area contributed by atoms with E-state index in [0.29, 0.717) is 17.9 Å². The summed E-state index contributed by atoms with van der Waals surface area (Å²) in [5, 5.41) is 13.9. The number of nitrogens with zero attached hydrogens (tertiary/aromatic N) is 2. The average Bonchev–Trinajstić information content (AvgIpc) is 3.44. The molecular weight excluding hydrogens is 396 g/mol. The molecule has 3 heterocycles. The van der Waals surface area contributed by atoms with Gasteiger partial charge in [-0.25, -0.2) is 0 Å². The highest BCUT2D eigenvalue weighted by molar-refractivity contribution is 6.32. The molecule has 0 radical (unpaired) electrons. The van der Waals surface area contributed by atoms with Gasteiger partial charge in [0.25, 0.3) is 0 Å². The highest BCUT2D eigenvalue weighted by Crippen LogP contribution is 2.31. The van der Waals surface area contributed by atoms with Crippen LogP contribution in [0.4, 0.5) is 5.69 Å². The zero-order valence-corrected chi connectivity index (χ0v) is 17.4. The van der Waals surface area contributed by atoms with E-state index in [2.05, 4.69) is 33.5 Å². The van der Waals surface area contributed by atoms with Crippen molar-refractivity contribution in [2.75, 3.05) is 25.0 Å². The number of likely N-dealkylation sites (tertiary alicyclic amines) is 1. The van der Waals surface area contributed by atoms with Gasteiger partial charge in [0.05, 0.1) is 18.1 Å². The zero-order valence-electron chi connectivity index (χ0n) is 16.7. The van der Waals surface area contributed by atoms with Gasteiger partial charge in [-0.15, -0.1) is 0 Å². The first kappa shape index (κ1) is 19.2. The van der Waals surface area contributed by atoms with Crippen LogP contribution in [0.2, 0.25) is 5.02 Å². The largest absolute Gasteiger partial charge is 0.361 e. The van der Waals surface area contributed by atoms with Gasteiger partial charge in [0.1, 0.15) is 0 Å². The summed E-state index contributed by atoms with van der Waals surface area (Å²) in [6.45, 7) is 3.15. The summed E-state index contributed by atoms with van der Waals surface area (Å²) >= 11 is 6.45. The van der Waals surface area contributed by atoms with E-state index < -0.39 is 0 Å². The number of rotatable bonds is 5. The number of carbonyl (C=O) groups is 1. The predicted octanol–water partition coefficient (Wildman–Crippen LogP) is 4.29. The Balaban J connectivity index is 1.21. The first-order chi connectivity index (χ1) is 14.6. The lowest BCUT2D eigenvalue weighted by atomic mass is 9.98. The topological polar surface area (TPSA) is 71.9 Å². The van der Waals surface area contributed by atoms with E-state index in [1.165, 1.54) is 17.4 Å². The molecule has 0 aliphatic carbocycles. The zero-order chi connectivity index (χ0) is 20.7. The number of hydrogen-bond acceptors (Lipinski definition) is 3. The molecule has 0 spiro atoms. The van der Waals surface area contributed by atoms with E-state index in [4.69, 9.17) is 11.6 Å². The maximum Gasteiger partial charge on any atom is 0.228 e. The Labute approximate surface area is 180 Å². The van der Waals surface area contributed by atoms with Crippen LogP contribution in [0.5, 0.6) is 0 Å². The van der Waals surface area contributed by atoms with E-state index >= 15 is 0 Å². The molecule has 2 aromatic carbocycles. The lowest BCUT2D eigenvalue weighted by Gasteiger charge is -2.17. The molecule has 5 nitrogen and oxygen atoms in total. The number of benzene rings is 2. The Morgan fingerprint density at radius 2 is 2.13 bits per heavy atom. The number of hydrogen-bond donors (Lipinski definition) is 2. The van der Waals surface area contributed by atoms with Crippen LogP contribution in [0.15, 0.2) is 36.5 Å². The Kier molecular flexibility index (Phi) is 4.98. The van der Waals surface area contributed by atoms with Gasteiger partial charge in [-0.05, 0) is 72.7 Å². The lowest BCUT2D eigenvalue weighted by Crippen LogP contribution is -2.24. The third kappa shape index (κ3) is 3.69. The summed E-state index contributed by atoms with van der Waals surface area (Å²) < 4.78 is 0. The van der Waals surface area contributed by atoms with Gasteiger partial charge >= 0.3 is 0 Å². The molecule has 30 heavy (non-hydrogen) atoms. The van der Waals surface area contributed by atoms with Gasteiger partial charge in [0.2, 0.25) is 5.91 Å². The minimum Gasteiger partial charge on any atom is -0.361 e. The number of carbonyl (C=O) groups excluding carboxylic acids is 1. The fourth-order valence-electron chi connectivity index (χ4n) is 4.78. The SMILES string of the molecule is N#Cc1ccc2[nH]cc(CC3CCN(CCc4cc5c(cc4Cl)NC(=O)C5)C3)c2c1. The monoisotopic (exact) mass is 418 g/mol. The first-order valence-corrected chi connectivity index (χ1v) is 10.8. The second kappa shape index (κ2) is 7.79. The molecule has 1 amide bonds. The molecule has 6 heteroatoms. The molecule has 1 unspecified atom stereocenters. The van der Waals surface area contributed by atoms with Crippen molar-refractivity contribution in [2.45, 2.75) is 25.7 Å². The first-order valence-electron chi connectivity index (χ1n) is 10.4. The number of aromatic amines is 1. The lowest BCUT2D eigenvalue weighted by molar-refractivity contribution is -0.115. The van der Waals surface area contributed by atoms with Crippen molar-refractivity contribution in [1.82, 2.24) is 9.88 Å². The molecule has 2 N–H and O–H groups in total. The fourth-order valence-corrected chi connectivity index (χ4v) is 5.04. The maximum absolute atomic E-state index is 11.6. The molecular formula is C24H23ClN4O. The number of amides is 1. The van der Waals surface area contributed by atoms with Crippen LogP contribution in [-0.2, 0) is 24.1 Å². The maximum atomic E-state index is 11.6. The molecule has 5 rings (SSSR count). The summed E-state index contributed by atoms with van der Waals surface area (Å²) in [6.07, 6.45) is 5.64. The number of aromatic nitrogens is 1. The summed E-state index contributed by atoms with van der Waals surface area (Å²) in [4.78, 5) is 17.4. The Morgan fingerprint density at radius 1 is 1.23 bits per heavy atom. The van der Waals surface area contributed by atoms with Crippen LogP contribution in [0.25, 0.3) is 10.9 Å². The molecule has 1 aromatic heterocycles. The molecule has 1 saturated heterocycles. The van der Waals surface area contributed by atoms with Gasteiger partial charge in [0, 0.05) is 40.9 Å². The number of halogens is 1. The van der Waals surface area contributed by atoms with Crippen LogP contribution in [0.3, 0.4) is 0 Å². The Hall–Kier alpha value is -2.81. The minimum absolute atomic E-state index is 0.0415. The van der Waals surface area contributed by atoms with Gasteiger partial charge in [-0.1, -0.05) is 17.7 Å². The number of anilines is 1. The van der Waals surface area contributed by atoms with E-state index in [0.717, 1.165) is 59.8 Å². The average molecular weight is 419 g/mol. The molecule has 1 atom stereocenters. The van der Waals surface area contributed by atoms with E-state index in [9.17, 15) is 10.1 Å². The van der Waals surface area contributed by atoms with Gasteiger partial charge in [0.15, 0.2) is 0 Å². The molecule has 3 aromatic rings. The summed E-state index contributed by atoms with van der Waals surface area (Å²) in [6, 6.07) is 12.0. The number of fused-ring (bicyclic) bond motifs is 2. The molecule has 152 valence electrons. The van der Waals surface area contributed by atoms with Crippen LogP contribution in [-0.4, -0.2) is 35.4 Å². The second-order valence-electron chi connectivity index (χ2n) is 8.42. The normalized spacial score (nSPS) is 18.5. The third-order valence-corrected chi connectivity index (χ3v) is 6.72. The van der Waals surface area contributed by atoms with E-state index in [1.54, 1.807) is 0 Å². The van der Waals surface area contributed by atoms with Crippen molar-refractivity contribution in [2.24, 2.45) is 5.92 Å². The summed E-state index contributed by atoms with van der Waals surface area (Å²) in [7, 11) is 0. The predicted molar refractivity (Wildman–Crippen MR) is 119 cm³/mol. The van der Waals surface area contributed by atoms with Crippen molar-refractivity contribution in [3.63, 3.8) is 0 Å². The van der Waals surface area contributed by atoms with Crippen LogP contribution >= 0.6 is 11.6 Å². The highest BCUT2D eigenvalue weighted by Gasteiger charge is 2.24. The minimum atomic E-state index is 0.0415. The molecule has 2 aliphatic rings. The van der Waals surface area contributed by atoms with Gasteiger partial charge in [-0.3, -0.25) is 4.79 Å². The summed E-state index contributed by atoms with van der Waals surface area (Å²) in [5.41, 5.74) is 6.13. The molecule has 0 bridgehead atoms. The van der Waals surface area contributed by atoms with E-state index in [1.807, 2.05) is 24.3 Å². The van der Waals surface area contributed by atoms with Crippen molar-refractivity contribution in [3.8, 4) is 6.07 Å². The van der Waals surface area contributed by atoms with Crippen LogP contribution in [0.1, 0.15) is 28.7 Å². The van der Waals surface area contributed by atoms with Crippen molar-refractivity contribution in [1.29, 1.82) is 5.26 Å². The van der Waals surface area contributed by atoms with Crippen molar-refractivity contribution in [3.05, 3.63) is 63.8 Å². The molecule has 1 fully saturated rings. The van der Waals surface area contributed by atoms with Crippen molar-refractivity contribution < 1.29 is 4.79 Å². The van der Waals surface area contributed by atoms with Crippen LogP contribution < -0.4 is 5.32 Å². The third-order valence-electron chi connectivity index (χ3n) is 6.37. The molecule has 0 saturated carbocycles. The number of nitriles is 1. The van der Waals surface area contributed by atoms with Gasteiger partial charge < -0.3 is 15.2 Å². The van der Waals surface area contributed by atoms with Crippen molar-refractivity contribution >= 4 is 34.1 Å². The Morgan fingerprint density at radius 3 is 3.00 bits per heavy atom. The Bertz CT molecular complexity index is 1180. The smallest absolute Gasteiger partial charge is 0.228 e. The molecule has 2 aliphatic heterocycles.